The normalized spacial score (nSPS) is 22.5. The van der Waals surface area contributed by atoms with Crippen molar-refractivity contribution in [2.24, 2.45) is 5.92 Å². The van der Waals surface area contributed by atoms with E-state index >= 15 is 0 Å². The first-order valence-corrected chi connectivity index (χ1v) is 8.55. The third kappa shape index (κ3) is 3.94. The molecule has 1 saturated heterocycles. The van der Waals surface area contributed by atoms with E-state index in [1.165, 1.54) is 4.90 Å². The number of amides is 1. The largest absolute Gasteiger partial charge is 0.493 e. The molecule has 0 saturated carbocycles. The van der Waals surface area contributed by atoms with Gasteiger partial charge >= 0.3 is 18.1 Å². The number of fused-ring (bicyclic) bond motifs is 1. The highest BCUT2D eigenvalue weighted by Gasteiger charge is 2.38. The number of rotatable bonds is 2. The highest BCUT2D eigenvalue weighted by Crippen LogP contribution is 2.41. The van der Waals surface area contributed by atoms with Gasteiger partial charge in [0.2, 0.25) is 0 Å². The monoisotopic (exact) mass is 371 g/mol. The maximum Gasteiger partial charge on any atom is 0.422 e. The topological polar surface area (TPSA) is 55.8 Å². The molecule has 0 unspecified atom stereocenters. The zero-order chi connectivity index (χ0) is 18.9. The van der Waals surface area contributed by atoms with E-state index in [2.05, 4.69) is 4.74 Å². The van der Waals surface area contributed by atoms with Crippen LogP contribution in [-0.2, 0) is 20.7 Å². The molecular formula is C18H20F3NO4. The lowest BCUT2D eigenvalue weighted by molar-refractivity contribution is -0.190. The molecule has 0 aromatic heterocycles. The fraction of sp³-hybridized carbons (Fsp3) is 0.556. The first-order chi connectivity index (χ1) is 12.3. The van der Waals surface area contributed by atoms with E-state index in [0.717, 1.165) is 24.0 Å². The molecular weight excluding hydrogens is 351 g/mol. The number of nitrogens with zero attached hydrogens (tertiary/aromatic N) is 1. The molecule has 1 aromatic rings. The Balaban J connectivity index is 1.82. The van der Waals surface area contributed by atoms with Gasteiger partial charge in [0.25, 0.3) is 0 Å². The second-order valence-corrected chi connectivity index (χ2v) is 6.78. The predicted molar refractivity (Wildman–Crippen MR) is 85.5 cm³/mol. The van der Waals surface area contributed by atoms with Crippen molar-refractivity contribution in [3.8, 4) is 5.75 Å². The van der Waals surface area contributed by atoms with Crippen LogP contribution in [0.5, 0.6) is 5.75 Å². The zero-order valence-electron chi connectivity index (χ0n) is 14.3. The Bertz CT molecular complexity index is 704. The third-order valence-electron chi connectivity index (χ3n) is 4.72. The molecule has 2 aliphatic heterocycles. The van der Waals surface area contributed by atoms with Crippen molar-refractivity contribution in [1.82, 2.24) is 4.90 Å². The van der Waals surface area contributed by atoms with Gasteiger partial charge in [-0.25, -0.2) is 4.79 Å². The number of benzene rings is 1. The van der Waals surface area contributed by atoms with Gasteiger partial charge in [-0.3, -0.25) is 4.79 Å². The molecule has 1 aromatic carbocycles. The van der Waals surface area contributed by atoms with E-state index < -0.39 is 30.7 Å². The second-order valence-electron chi connectivity index (χ2n) is 6.78. The van der Waals surface area contributed by atoms with Gasteiger partial charge in [-0.05, 0) is 24.3 Å². The maximum atomic E-state index is 12.5. The lowest BCUT2D eigenvalue weighted by Crippen LogP contribution is -2.45. The summed E-state index contributed by atoms with van der Waals surface area (Å²) in [4.78, 5) is 25.7. The zero-order valence-corrected chi connectivity index (χ0v) is 14.3. The van der Waals surface area contributed by atoms with Crippen LogP contribution in [-0.4, -0.2) is 42.7 Å². The fourth-order valence-corrected chi connectivity index (χ4v) is 3.53. The Morgan fingerprint density at radius 3 is 2.81 bits per heavy atom. The van der Waals surface area contributed by atoms with Crippen LogP contribution in [0, 0.1) is 5.92 Å². The number of piperidine rings is 1. The van der Waals surface area contributed by atoms with Gasteiger partial charge in [0, 0.05) is 18.5 Å². The summed E-state index contributed by atoms with van der Waals surface area (Å²) in [5, 5.41) is 0. The van der Waals surface area contributed by atoms with E-state index in [9.17, 15) is 22.8 Å². The minimum Gasteiger partial charge on any atom is -0.493 e. The van der Waals surface area contributed by atoms with Crippen molar-refractivity contribution in [2.75, 3.05) is 19.8 Å². The van der Waals surface area contributed by atoms with Crippen LogP contribution in [0.4, 0.5) is 13.2 Å². The number of ether oxygens (including phenoxy) is 2. The average molecular weight is 371 g/mol. The Morgan fingerprint density at radius 2 is 2.08 bits per heavy atom. The lowest BCUT2D eigenvalue weighted by atomic mass is 9.88. The predicted octanol–water partition coefficient (Wildman–Crippen LogP) is 3.03. The first kappa shape index (κ1) is 18.5. The number of carbonyl (C=O) groups excluding carboxylic acids is 2. The number of halogens is 3. The number of para-hydroxylation sites is 1. The molecule has 5 nitrogen and oxygen atoms in total. The summed E-state index contributed by atoms with van der Waals surface area (Å²) < 4.78 is 46.6. The quantitative estimate of drug-likeness (QED) is 0.592. The average Bonchev–Trinajstić information content (AvgIpc) is 3.07. The molecule has 3 rings (SSSR count). The first-order valence-electron chi connectivity index (χ1n) is 8.55. The van der Waals surface area contributed by atoms with Crippen LogP contribution in [0.3, 0.4) is 0 Å². The van der Waals surface area contributed by atoms with Gasteiger partial charge in [-0.1, -0.05) is 25.1 Å². The van der Waals surface area contributed by atoms with Crippen LogP contribution < -0.4 is 4.74 Å². The highest BCUT2D eigenvalue weighted by molar-refractivity contribution is 6.32. The SMILES string of the molecule is C[C@H]1CC[C@H](c2cccc3c2OCC3)N(C(=O)C(=O)OCC(F)(F)F)C1. The molecule has 0 bridgehead atoms. The molecule has 26 heavy (non-hydrogen) atoms. The van der Waals surface area contributed by atoms with E-state index in [-0.39, 0.29) is 12.5 Å². The van der Waals surface area contributed by atoms with Crippen molar-refractivity contribution in [1.29, 1.82) is 0 Å². The van der Waals surface area contributed by atoms with Crippen LogP contribution in [0.15, 0.2) is 18.2 Å². The number of likely N-dealkylation sites (tertiary alicyclic amines) is 1. The van der Waals surface area contributed by atoms with Crippen molar-refractivity contribution in [2.45, 2.75) is 38.4 Å². The van der Waals surface area contributed by atoms with Gasteiger partial charge in [-0.2, -0.15) is 13.2 Å². The number of esters is 1. The maximum absolute atomic E-state index is 12.5. The summed E-state index contributed by atoms with van der Waals surface area (Å²) >= 11 is 0. The Hall–Kier alpha value is -2.25. The van der Waals surface area contributed by atoms with Gasteiger partial charge in [-0.15, -0.1) is 0 Å². The summed E-state index contributed by atoms with van der Waals surface area (Å²) in [6.45, 7) is 1.00. The minimum atomic E-state index is -4.67. The smallest absolute Gasteiger partial charge is 0.422 e. The number of hydrogen-bond donors (Lipinski definition) is 0. The molecule has 2 heterocycles. The molecule has 0 radical (unpaired) electrons. The van der Waals surface area contributed by atoms with Crippen LogP contribution in [0.25, 0.3) is 0 Å². The molecule has 2 aliphatic rings. The molecule has 1 fully saturated rings. The Kier molecular flexibility index (Phi) is 5.11. The summed E-state index contributed by atoms with van der Waals surface area (Å²) in [5.74, 6) is -1.66. The highest BCUT2D eigenvalue weighted by atomic mass is 19.4. The van der Waals surface area contributed by atoms with Crippen LogP contribution in [0.2, 0.25) is 0 Å². The van der Waals surface area contributed by atoms with Gasteiger partial charge in [0.05, 0.1) is 12.6 Å². The summed E-state index contributed by atoms with van der Waals surface area (Å²) in [6.07, 6.45) is -2.44. The van der Waals surface area contributed by atoms with Crippen molar-refractivity contribution >= 4 is 11.9 Å². The molecule has 2 atom stereocenters. The molecule has 0 aliphatic carbocycles. The molecule has 0 spiro atoms. The standard InChI is InChI=1S/C18H20F3NO4/c1-11-5-6-14(13-4-2-3-12-7-8-25-15(12)13)22(9-11)16(23)17(24)26-10-18(19,20)21/h2-4,11,14H,5-10H2,1H3/t11-,14+/m0/s1. The number of carbonyl (C=O) groups is 2. The van der Waals surface area contributed by atoms with Crippen molar-refractivity contribution in [3.63, 3.8) is 0 Å². The fourth-order valence-electron chi connectivity index (χ4n) is 3.53. The Morgan fingerprint density at radius 1 is 1.31 bits per heavy atom. The summed E-state index contributed by atoms with van der Waals surface area (Å²) in [6, 6.07) is 5.24. The van der Waals surface area contributed by atoms with E-state index in [1.807, 2.05) is 25.1 Å². The lowest BCUT2D eigenvalue weighted by Gasteiger charge is -2.38. The number of hydrogen-bond acceptors (Lipinski definition) is 4. The molecule has 1 amide bonds. The number of alkyl halides is 3. The summed E-state index contributed by atoms with van der Waals surface area (Å²) in [5.41, 5.74) is 1.83. The van der Waals surface area contributed by atoms with Crippen molar-refractivity contribution in [3.05, 3.63) is 29.3 Å². The van der Waals surface area contributed by atoms with Gasteiger partial charge in [0.1, 0.15) is 5.75 Å². The molecule has 8 heteroatoms. The minimum absolute atomic E-state index is 0.142. The third-order valence-corrected chi connectivity index (χ3v) is 4.72. The summed E-state index contributed by atoms with van der Waals surface area (Å²) in [7, 11) is 0. The van der Waals surface area contributed by atoms with Crippen LogP contribution >= 0.6 is 0 Å². The molecule has 0 N–H and O–H groups in total. The second kappa shape index (κ2) is 7.17. The van der Waals surface area contributed by atoms with E-state index in [1.54, 1.807) is 0 Å². The van der Waals surface area contributed by atoms with Crippen molar-refractivity contribution < 1.29 is 32.2 Å². The van der Waals surface area contributed by atoms with E-state index in [4.69, 9.17) is 4.74 Å². The van der Waals surface area contributed by atoms with Gasteiger partial charge < -0.3 is 14.4 Å². The Labute approximate surface area is 149 Å². The van der Waals surface area contributed by atoms with E-state index in [0.29, 0.717) is 18.8 Å². The van der Waals surface area contributed by atoms with Crippen LogP contribution in [0.1, 0.15) is 36.9 Å². The molecule has 142 valence electrons. The van der Waals surface area contributed by atoms with Gasteiger partial charge in [0.15, 0.2) is 6.61 Å².